The second-order valence-corrected chi connectivity index (χ2v) is 5.81. The molecule has 0 unspecified atom stereocenters. The van der Waals surface area contributed by atoms with Gasteiger partial charge in [-0.25, -0.2) is 4.98 Å². The van der Waals surface area contributed by atoms with Crippen LogP contribution in [-0.2, 0) is 0 Å². The van der Waals surface area contributed by atoms with Crippen LogP contribution in [-0.4, -0.2) is 50.1 Å². The van der Waals surface area contributed by atoms with E-state index in [-0.39, 0.29) is 6.54 Å². The third-order valence-electron chi connectivity index (χ3n) is 3.52. The van der Waals surface area contributed by atoms with Crippen LogP contribution in [0.2, 0.25) is 10.0 Å². The molecule has 0 bridgehead atoms. The summed E-state index contributed by atoms with van der Waals surface area (Å²) in [7, 11) is 0. The molecule has 0 radical (unpaired) electrons. The highest BCUT2D eigenvalue weighted by Crippen LogP contribution is 2.31. The molecule has 1 aromatic heterocycles. The lowest BCUT2D eigenvalue weighted by Gasteiger charge is -2.34. The first-order valence-corrected chi connectivity index (χ1v) is 7.23. The molecule has 1 saturated heterocycles. The van der Waals surface area contributed by atoms with E-state index >= 15 is 0 Å². The van der Waals surface area contributed by atoms with Gasteiger partial charge in [-0.3, -0.25) is 0 Å². The van der Waals surface area contributed by atoms with Crippen molar-refractivity contribution in [3.05, 3.63) is 22.4 Å². The quantitative estimate of drug-likeness (QED) is 0.834. The Balaban J connectivity index is 1.95. The number of aromatic nitrogens is 1. The number of hydrogen-bond acceptors (Lipinski definition) is 2. The van der Waals surface area contributed by atoms with E-state index in [0.717, 1.165) is 0 Å². The molecule has 21 heavy (non-hydrogen) atoms. The predicted octanol–water partition coefficient (Wildman–Crippen LogP) is 0.436. The molecule has 0 saturated carbocycles. The van der Waals surface area contributed by atoms with E-state index in [4.69, 9.17) is 28.3 Å². The Bertz CT molecular complexity index is 473. The lowest BCUT2D eigenvalue weighted by Crippen LogP contribution is -3.16. The number of aromatic amines is 1. The fourth-order valence-corrected chi connectivity index (χ4v) is 3.00. The summed E-state index contributed by atoms with van der Waals surface area (Å²) in [6.45, 7) is 1.70. The molecule has 9 heteroatoms. The van der Waals surface area contributed by atoms with Crippen molar-refractivity contribution in [1.82, 2.24) is 0 Å². The van der Waals surface area contributed by atoms with Gasteiger partial charge in [0.15, 0.2) is 18.5 Å². The third-order valence-corrected chi connectivity index (χ3v) is 4.10. The topological polar surface area (TPSA) is 42.1 Å². The summed E-state index contributed by atoms with van der Waals surface area (Å²) in [6.07, 6.45) is -3.63. The molecule has 1 aliphatic heterocycles. The van der Waals surface area contributed by atoms with E-state index in [0.29, 0.717) is 46.8 Å². The number of aliphatic hydroxyl groups is 1. The van der Waals surface area contributed by atoms with E-state index in [9.17, 15) is 13.2 Å². The lowest BCUT2D eigenvalue weighted by molar-refractivity contribution is -0.905. The average molecular weight is 346 g/mol. The Morgan fingerprint density at radius 3 is 2.24 bits per heavy atom. The van der Waals surface area contributed by atoms with Crippen molar-refractivity contribution in [2.24, 2.45) is 0 Å². The highest BCUT2D eigenvalue weighted by Gasteiger charge is 2.41. The van der Waals surface area contributed by atoms with Gasteiger partial charge in [-0.05, 0) is 0 Å². The van der Waals surface area contributed by atoms with Crippen LogP contribution in [0.5, 0.6) is 0 Å². The van der Waals surface area contributed by atoms with Gasteiger partial charge in [-0.15, -0.1) is 0 Å². The van der Waals surface area contributed by atoms with Crippen LogP contribution >= 0.6 is 23.2 Å². The second-order valence-electron chi connectivity index (χ2n) is 5.00. The summed E-state index contributed by atoms with van der Waals surface area (Å²) in [5.41, 5.74) is 0.688. The largest absolute Gasteiger partial charge is 0.419 e. The summed E-state index contributed by atoms with van der Waals surface area (Å²) >= 11 is 12.2. The van der Waals surface area contributed by atoms with Gasteiger partial charge in [0.25, 0.3) is 0 Å². The maximum atomic E-state index is 12.3. The fraction of sp³-hybridized carbons (Fsp3) is 0.583. The van der Waals surface area contributed by atoms with Crippen molar-refractivity contribution in [3.8, 4) is 0 Å². The number of piperazine rings is 1. The minimum atomic E-state index is -4.56. The standard InChI is InChI=1S/C12H14Cl2F3N3O/c13-8-5-18-6-9(14)11(8)20-3-1-19(2-4-20)7-10(21)12(15,16)17/h5-6,10,21H,1-4,7H2/p+2/t10-/m0/s1. The number of anilines is 1. The molecule has 1 aliphatic rings. The number of rotatable bonds is 3. The van der Waals surface area contributed by atoms with E-state index in [1.165, 1.54) is 0 Å². The van der Waals surface area contributed by atoms with E-state index < -0.39 is 12.3 Å². The van der Waals surface area contributed by atoms with Gasteiger partial charge < -0.3 is 14.9 Å². The van der Waals surface area contributed by atoms with Gasteiger partial charge in [0.1, 0.15) is 16.6 Å². The first-order valence-electron chi connectivity index (χ1n) is 6.47. The Hall–Kier alpha value is -0.760. The summed E-state index contributed by atoms with van der Waals surface area (Å²) in [5.74, 6) is 0. The smallest absolute Gasteiger partial charge is 0.379 e. The summed E-state index contributed by atoms with van der Waals surface area (Å²) in [5, 5.41) is 10.1. The van der Waals surface area contributed by atoms with Gasteiger partial charge in [-0.1, -0.05) is 23.2 Å². The Kier molecular flexibility index (Phi) is 5.19. The fourth-order valence-electron chi connectivity index (χ4n) is 2.38. The van der Waals surface area contributed by atoms with Crippen molar-refractivity contribution in [1.29, 1.82) is 0 Å². The maximum absolute atomic E-state index is 12.3. The zero-order valence-electron chi connectivity index (χ0n) is 11.1. The number of H-pyrrole nitrogens is 1. The van der Waals surface area contributed by atoms with Crippen LogP contribution in [0.4, 0.5) is 18.9 Å². The van der Waals surface area contributed by atoms with Crippen LogP contribution in [0.3, 0.4) is 0 Å². The van der Waals surface area contributed by atoms with Crippen molar-refractivity contribution in [3.63, 3.8) is 0 Å². The van der Waals surface area contributed by atoms with E-state index in [1.807, 2.05) is 4.90 Å². The highest BCUT2D eigenvalue weighted by molar-refractivity contribution is 6.38. The Labute approximate surface area is 130 Å². The molecule has 0 aromatic carbocycles. The molecule has 1 atom stereocenters. The number of nitrogens with one attached hydrogen (secondary N) is 2. The molecule has 0 amide bonds. The average Bonchev–Trinajstić information content (AvgIpc) is 2.39. The number of hydrogen-bond donors (Lipinski definition) is 2. The monoisotopic (exact) mass is 345 g/mol. The summed E-state index contributed by atoms with van der Waals surface area (Å²) in [6, 6.07) is 0. The predicted molar refractivity (Wildman–Crippen MR) is 72.9 cm³/mol. The normalized spacial score (nSPS) is 18.9. The van der Waals surface area contributed by atoms with Crippen LogP contribution in [0, 0.1) is 0 Å². The van der Waals surface area contributed by atoms with E-state index in [1.54, 1.807) is 12.4 Å². The first-order chi connectivity index (χ1) is 9.79. The molecular formula is C12H16Cl2F3N3O+2. The Morgan fingerprint density at radius 1 is 1.24 bits per heavy atom. The van der Waals surface area contributed by atoms with Gasteiger partial charge >= 0.3 is 6.18 Å². The Morgan fingerprint density at radius 2 is 1.76 bits per heavy atom. The van der Waals surface area contributed by atoms with Gasteiger partial charge in [-0.2, -0.15) is 13.2 Å². The van der Waals surface area contributed by atoms with Crippen LogP contribution in [0.1, 0.15) is 0 Å². The van der Waals surface area contributed by atoms with Crippen molar-refractivity contribution in [2.45, 2.75) is 12.3 Å². The molecule has 2 heterocycles. The number of alkyl halides is 3. The molecule has 1 aromatic rings. The van der Waals surface area contributed by atoms with Crippen molar-refractivity contribution in [2.75, 3.05) is 37.6 Å². The molecule has 4 nitrogen and oxygen atoms in total. The minimum Gasteiger partial charge on any atom is -0.379 e. The van der Waals surface area contributed by atoms with Gasteiger partial charge in [0.05, 0.1) is 31.9 Å². The number of halogens is 5. The van der Waals surface area contributed by atoms with Crippen molar-refractivity contribution >= 4 is 28.9 Å². The zero-order chi connectivity index (χ0) is 15.6. The number of quaternary nitrogens is 1. The minimum absolute atomic E-state index is 0.332. The van der Waals surface area contributed by atoms with E-state index in [2.05, 4.69) is 4.98 Å². The zero-order valence-corrected chi connectivity index (χ0v) is 12.6. The molecule has 118 valence electrons. The van der Waals surface area contributed by atoms with Crippen LogP contribution in [0.15, 0.2) is 12.4 Å². The maximum Gasteiger partial charge on any atom is 0.419 e. The highest BCUT2D eigenvalue weighted by atomic mass is 35.5. The molecule has 3 N–H and O–H groups in total. The molecule has 1 fully saturated rings. The van der Waals surface area contributed by atoms with Crippen LogP contribution in [0.25, 0.3) is 0 Å². The third kappa shape index (κ3) is 4.12. The number of pyridine rings is 1. The van der Waals surface area contributed by atoms with Gasteiger partial charge in [0, 0.05) is 0 Å². The first kappa shape index (κ1) is 16.6. The molecule has 0 aliphatic carbocycles. The number of nitrogens with zero attached hydrogens (tertiary/aromatic N) is 1. The SMILES string of the molecule is O[C@@H](C[NH+]1CCN(c2c(Cl)c[nH+]cc2Cl)CC1)C(F)(F)F. The van der Waals surface area contributed by atoms with Crippen LogP contribution < -0.4 is 14.8 Å². The molecule has 2 rings (SSSR count). The summed E-state index contributed by atoms with van der Waals surface area (Å²) < 4.78 is 37.0. The van der Waals surface area contributed by atoms with Crippen molar-refractivity contribution < 1.29 is 28.2 Å². The van der Waals surface area contributed by atoms with Gasteiger partial charge in [0.2, 0.25) is 0 Å². The molecule has 0 spiro atoms. The molecular weight excluding hydrogens is 330 g/mol. The second kappa shape index (κ2) is 6.56. The number of aliphatic hydroxyl groups excluding tert-OH is 1. The summed E-state index contributed by atoms with van der Waals surface area (Å²) in [4.78, 5) is 5.47. The lowest BCUT2D eigenvalue weighted by atomic mass is 10.2.